The van der Waals surface area contributed by atoms with Gasteiger partial charge in [0.1, 0.15) is 6.10 Å². The van der Waals surface area contributed by atoms with Crippen molar-refractivity contribution in [3.8, 4) is 0 Å². The van der Waals surface area contributed by atoms with Crippen molar-refractivity contribution in [2.45, 2.75) is 6.10 Å². The summed E-state index contributed by atoms with van der Waals surface area (Å²) in [6, 6.07) is 0. The number of fused-ring (bicyclic) bond motifs is 1. The number of allylic oxidation sites excluding steroid dienone is 2. The highest BCUT2D eigenvalue weighted by Crippen LogP contribution is 2.19. The molecule has 0 aromatic rings. The number of rotatable bonds is 0. The molecule has 0 fully saturated rings. The minimum atomic E-state index is 0.259. The van der Waals surface area contributed by atoms with Crippen LogP contribution < -0.4 is 0 Å². The summed E-state index contributed by atoms with van der Waals surface area (Å²) < 4.78 is 5.33. The molecule has 0 saturated heterocycles. The summed E-state index contributed by atoms with van der Waals surface area (Å²) in [7, 11) is 0. The molecule has 0 saturated carbocycles. The molecule has 1 heterocycles. The fourth-order valence-corrected chi connectivity index (χ4v) is 1.12. The van der Waals surface area contributed by atoms with E-state index in [0.717, 1.165) is 6.61 Å². The van der Waals surface area contributed by atoms with E-state index in [9.17, 15) is 0 Å². The lowest BCUT2D eigenvalue weighted by Gasteiger charge is -2.08. The molecule has 2 rings (SSSR count). The molecule has 1 atom stereocenters. The minimum absolute atomic E-state index is 0.259. The van der Waals surface area contributed by atoms with Gasteiger partial charge in [0.15, 0.2) is 0 Å². The fourth-order valence-electron chi connectivity index (χ4n) is 1.12. The van der Waals surface area contributed by atoms with Crippen molar-refractivity contribution < 1.29 is 4.74 Å². The van der Waals surface area contributed by atoms with E-state index in [1.54, 1.807) is 0 Å². The Kier molecular flexibility index (Phi) is 1.03. The van der Waals surface area contributed by atoms with Crippen LogP contribution in [0.25, 0.3) is 0 Å². The maximum atomic E-state index is 5.33. The van der Waals surface area contributed by atoms with Crippen LogP contribution in [0, 0.1) is 0 Å². The standard InChI is InChI=1S/C8H8O/c1-2-4-8-7(3-1)5-6-9-8/h1-5,8H,6H2. The molecule has 0 aromatic carbocycles. The van der Waals surface area contributed by atoms with Gasteiger partial charge in [0.2, 0.25) is 0 Å². The summed E-state index contributed by atoms with van der Waals surface area (Å²) >= 11 is 0. The minimum Gasteiger partial charge on any atom is -0.365 e. The van der Waals surface area contributed by atoms with Crippen LogP contribution in [-0.4, -0.2) is 12.7 Å². The van der Waals surface area contributed by atoms with Gasteiger partial charge < -0.3 is 4.74 Å². The largest absolute Gasteiger partial charge is 0.365 e. The molecule has 0 aromatic heterocycles. The van der Waals surface area contributed by atoms with Gasteiger partial charge in [0.05, 0.1) is 6.61 Å². The fraction of sp³-hybridized carbons (Fsp3) is 0.250. The van der Waals surface area contributed by atoms with Crippen molar-refractivity contribution in [2.75, 3.05) is 6.61 Å². The molecule has 1 heteroatoms. The Morgan fingerprint density at radius 2 is 2.44 bits per heavy atom. The van der Waals surface area contributed by atoms with Gasteiger partial charge in [-0.2, -0.15) is 0 Å². The summed E-state index contributed by atoms with van der Waals surface area (Å²) in [5, 5.41) is 0. The van der Waals surface area contributed by atoms with Crippen LogP contribution in [-0.2, 0) is 4.74 Å². The lowest BCUT2D eigenvalue weighted by molar-refractivity contribution is 0.157. The molecule has 1 nitrogen and oxygen atoms in total. The molecular weight excluding hydrogens is 112 g/mol. The smallest absolute Gasteiger partial charge is 0.101 e. The number of hydrogen-bond donors (Lipinski definition) is 0. The number of hydrogen-bond acceptors (Lipinski definition) is 1. The summed E-state index contributed by atoms with van der Waals surface area (Å²) in [5.74, 6) is 0. The van der Waals surface area contributed by atoms with Crippen LogP contribution in [0.1, 0.15) is 0 Å². The van der Waals surface area contributed by atoms with Gasteiger partial charge in [-0.25, -0.2) is 0 Å². The van der Waals surface area contributed by atoms with Crippen LogP contribution in [0.3, 0.4) is 0 Å². The van der Waals surface area contributed by atoms with Gasteiger partial charge in [-0.05, 0) is 5.57 Å². The Morgan fingerprint density at radius 3 is 3.33 bits per heavy atom. The summed E-state index contributed by atoms with van der Waals surface area (Å²) in [6.45, 7) is 0.772. The third-order valence-corrected chi connectivity index (χ3v) is 1.61. The molecule has 0 N–H and O–H groups in total. The molecular formula is C8H8O. The van der Waals surface area contributed by atoms with E-state index in [4.69, 9.17) is 4.74 Å². The van der Waals surface area contributed by atoms with E-state index < -0.39 is 0 Å². The Morgan fingerprint density at radius 1 is 1.44 bits per heavy atom. The molecule has 1 aliphatic carbocycles. The Balaban J connectivity index is 2.33. The van der Waals surface area contributed by atoms with E-state index in [-0.39, 0.29) is 6.10 Å². The van der Waals surface area contributed by atoms with Crippen molar-refractivity contribution in [2.24, 2.45) is 0 Å². The van der Waals surface area contributed by atoms with E-state index in [1.165, 1.54) is 5.57 Å². The van der Waals surface area contributed by atoms with Gasteiger partial charge in [0.25, 0.3) is 0 Å². The predicted molar refractivity (Wildman–Crippen MR) is 36.1 cm³/mol. The first-order chi connectivity index (χ1) is 4.47. The van der Waals surface area contributed by atoms with Crippen molar-refractivity contribution in [3.63, 3.8) is 0 Å². The first kappa shape index (κ1) is 5.00. The molecule has 0 bridgehead atoms. The summed E-state index contributed by atoms with van der Waals surface area (Å²) in [6.07, 6.45) is 10.6. The van der Waals surface area contributed by atoms with Gasteiger partial charge in [0, 0.05) is 0 Å². The quantitative estimate of drug-likeness (QED) is 0.470. The molecule has 0 amide bonds. The second-order valence-electron chi connectivity index (χ2n) is 2.20. The van der Waals surface area contributed by atoms with E-state index in [2.05, 4.69) is 18.2 Å². The number of ether oxygens (including phenoxy) is 1. The maximum Gasteiger partial charge on any atom is 0.101 e. The summed E-state index contributed by atoms with van der Waals surface area (Å²) in [5.41, 5.74) is 1.30. The van der Waals surface area contributed by atoms with E-state index >= 15 is 0 Å². The van der Waals surface area contributed by atoms with Crippen LogP contribution >= 0.6 is 0 Å². The topological polar surface area (TPSA) is 9.23 Å². The van der Waals surface area contributed by atoms with Gasteiger partial charge >= 0.3 is 0 Å². The zero-order valence-corrected chi connectivity index (χ0v) is 5.08. The summed E-state index contributed by atoms with van der Waals surface area (Å²) in [4.78, 5) is 0. The molecule has 9 heavy (non-hydrogen) atoms. The zero-order valence-electron chi connectivity index (χ0n) is 5.08. The Labute approximate surface area is 54.3 Å². The second-order valence-corrected chi connectivity index (χ2v) is 2.20. The van der Waals surface area contributed by atoms with Crippen molar-refractivity contribution >= 4 is 0 Å². The first-order valence-corrected chi connectivity index (χ1v) is 3.13. The van der Waals surface area contributed by atoms with Crippen LogP contribution in [0.5, 0.6) is 0 Å². The van der Waals surface area contributed by atoms with Crippen LogP contribution in [0.15, 0.2) is 36.0 Å². The highest BCUT2D eigenvalue weighted by molar-refractivity contribution is 5.36. The van der Waals surface area contributed by atoms with E-state index in [0.29, 0.717) is 0 Å². The van der Waals surface area contributed by atoms with Crippen molar-refractivity contribution in [1.82, 2.24) is 0 Å². The van der Waals surface area contributed by atoms with Crippen molar-refractivity contribution in [3.05, 3.63) is 36.0 Å². The van der Waals surface area contributed by atoms with Gasteiger partial charge in [-0.1, -0.05) is 30.4 Å². The van der Waals surface area contributed by atoms with Gasteiger partial charge in [-0.15, -0.1) is 0 Å². The maximum absolute atomic E-state index is 5.33. The molecule has 1 aliphatic heterocycles. The normalized spacial score (nSPS) is 30.2. The van der Waals surface area contributed by atoms with Crippen LogP contribution in [0.2, 0.25) is 0 Å². The monoisotopic (exact) mass is 120 g/mol. The molecule has 46 valence electrons. The van der Waals surface area contributed by atoms with Gasteiger partial charge in [-0.3, -0.25) is 0 Å². The van der Waals surface area contributed by atoms with Crippen LogP contribution in [0.4, 0.5) is 0 Å². The first-order valence-electron chi connectivity index (χ1n) is 3.13. The highest BCUT2D eigenvalue weighted by atomic mass is 16.5. The van der Waals surface area contributed by atoms with E-state index in [1.807, 2.05) is 12.2 Å². The zero-order chi connectivity index (χ0) is 6.10. The second kappa shape index (κ2) is 1.85. The lowest BCUT2D eigenvalue weighted by Crippen LogP contribution is -2.05. The molecule has 2 aliphatic rings. The average molecular weight is 120 g/mol. The predicted octanol–water partition coefficient (Wildman–Crippen LogP) is 1.44. The molecule has 1 unspecified atom stereocenters. The highest BCUT2D eigenvalue weighted by Gasteiger charge is 2.15. The molecule has 0 spiro atoms. The Hall–Kier alpha value is -0.820. The third-order valence-electron chi connectivity index (χ3n) is 1.61. The lowest BCUT2D eigenvalue weighted by atomic mass is 10.1. The third kappa shape index (κ3) is 0.736. The molecule has 0 radical (unpaired) electrons. The SMILES string of the molecule is C1=CC2=CCOC2C=C1. The Bertz CT molecular complexity index is 196. The average Bonchev–Trinajstić information content (AvgIpc) is 2.33. The van der Waals surface area contributed by atoms with Crippen molar-refractivity contribution in [1.29, 1.82) is 0 Å².